The van der Waals surface area contributed by atoms with Crippen molar-refractivity contribution >= 4 is 12.0 Å². The zero-order valence-corrected chi connectivity index (χ0v) is 12.7. The molecule has 1 unspecified atom stereocenters. The largest absolute Gasteiger partial charge is 0.352 e. The molecule has 4 heteroatoms. The van der Waals surface area contributed by atoms with E-state index in [4.69, 9.17) is 9.47 Å². The molecule has 0 aromatic heterocycles. The third-order valence-corrected chi connectivity index (χ3v) is 4.25. The van der Waals surface area contributed by atoms with Gasteiger partial charge < -0.3 is 19.2 Å². The molecule has 2 aromatic carbocycles. The Morgan fingerprint density at radius 3 is 2.32 bits per heavy atom. The Kier molecular flexibility index (Phi) is 3.96. The fraction of sp³-hybridized carbons (Fsp3) is 0.278. The third-order valence-electron chi connectivity index (χ3n) is 4.25. The van der Waals surface area contributed by atoms with Gasteiger partial charge in [-0.05, 0) is 11.6 Å². The standard InChI is InChI=1S/C18H19NO3/c1-21-18(22-2)15-10-6-7-11-16(15)19(17(18)13-20)12-14-8-4-3-5-9-14/h3-11,13,17H,12H2,1-2H3. The van der Waals surface area contributed by atoms with Crippen molar-refractivity contribution in [3.8, 4) is 0 Å². The van der Waals surface area contributed by atoms with E-state index in [2.05, 4.69) is 0 Å². The van der Waals surface area contributed by atoms with Crippen molar-refractivity contribution in [3.63, 3.8) is 0 Å². The summed E-state index contributed by atoms with van der Waals surface area (Å²) >= 11 is 0. The monoisotopic (exact) mass is 297 g/mol. The van der Waals surface area contributed by atoms with Gasteiger partial charge in [0.15, 0.2) is 0 Å². The van der Waals surface area contributed by atoms with Gasteiger partial charge in [-0.1, -0.05) is 48.5 Å². The molecule has 1 aliphatic rings. The molecule has 0 spiro atoms. The van der Waals surface area contributed by atoms with Crippen molar-refractivity contribution in [3.05, 3.63) is 65.7 Å². The molecule has 0 aliphatic carbocycles. The van der Waals surface area contributed by atoms with Gasteiger partial charge in [0, 0.05) is 32.0 Å². The van der Waals surface area contributed by atoms with E-state index in [1.54, 1.807) is 14.2 Å². The average Bonchev–Trinajstić information content (AvgIpc) is 2.85. The lowest BCUT2D eigenvalue weighted by molar-refractivity contribution is -0.219. The van der Waals surface area contributed by atoms with Gasteiger partial charge in [-0.25, -0.2) is 0 Å². The number of methoxy groups -OCH3 is 2. The van der Waals surface area contributed by atoms with E-state index in [9.17, 15) is 4.79 Å². The van der Waals surface area contributed by atoms with E-state index < -0.39 is 11.8 Å². The molecule has 0 saturated heterocycles. The van der Waals surface area contributed by atoms with Gasteiger partial charge >= 0.3 is 0 Å². The minimum atomic E-state index is -1.06. The molecule has 3 rings (SSSR count). The lowest BCUT2D eigenvalue weighted by atomic mass is 10.0. The predicted molar refractivity (Wildman–Crippen MR) is 84.6 cm³/mol. The van der Waals surface area contributed by atoms with Crippen molar-refractivity contribution in [2.45, 2.75) is 18.4 Å². The van der Waals surface area contributed by atoms with Crippen LogP contribution in [0.15, 0.2) is 54.6 Å². The number of hydrogen-bond donors (Lipinski definition) is 0. The van der Waals surface area contributed by atoms with E-state index in [1.807, 2.05) is 59.5 Å². The molecule has 1 aliphatic heterocycles. The van der Waals surface area contributed by atoms with Crippen LogP contribution in [0.3, 0.4) is 0 Å². The maximum absolute atomic E-state index is 11.8. The maximum Gasteiger partial charge on any atom is 0.224 e. The highest BCUT2D eigenvalue weighted by atomic mass is 16.7. The molecule has 0 bridgehead atoms. The number of anilines is 1. The van der Waals surface area contributed by atoms with Gasteiger partial charge in [0.1, 0.15) is 12.3 Å². The molecular weight excluding hydrogens is 278 g/mol. The molecule has 0 N–H and O–H groups in total. The Hall–Kier alpha value is -2.17. The molecule has 114 valence electrons. The van der Waals surface area contributed by atoms with E-state index in [-0.39, 0.29) is 0 Å². The van der Waals surface area contributed by atoms with Gasteiger partial charge in [0.2, 0.25) is 5.79 Å². The van der Waals surface area contributed by atoms with Gasteiger partial charge in [-0.15, -0.1) is 0 Å². The number of ether oxygens (including phenoxy) is 2. The summed E-state index contributed by atoms with van der Waals surface area (Å²) in [6.45, 7) is 0.621. The lowest BCUT2D eigenvalue weighted by Gasteiger charge is -2.33. The van der Waals surface area contributed by atoms with Crippen LogP contribution in [0, 0.1) is 0 Å². The van der Waals surface area contributed by atoms with E-state index in [1.165, 1.54) is 0 Å². The normalized spacial score (nSPS) is 19.0. The molecule has 4 nitrogen and oxygen atoms in total. The van der Waals surface area contributed by atoms with Crippen LogP contribution in [0.2, 0.25) is 0 Å². The lowest BCUT2D eigenvalue weighted by Crippen LogP contribution is -2.48. The van der Waals surface area contributed by atoms with Gasteiger partial charge in [-0.3, -0.25) is 0 Å². The zero-order valence-electron chi connectivity index (χ0n) is 12.7. The van der Waals surface area contributed by atoms with Crippen LogP contribution < -0.4 is 4.90 Å². The molecule has 1 atom stereocenters. The molecule has 0 amide bonds. The fourth-order valence-electron chi connectivity index (χ4n) is 3.20. The highest BCUT2D eigenvalue weighted by Gasteiger charge is 2.52. The quantitative estimate of drug-likeness (QED) is 0.628. The first-order chi connectivity index (χ1) is 10.8. The van der Waals surface area contributed by atoms with Crippen LogP contribution in [0.4, 0.5) is 5.69 Å². The maximum atomic E-state index is 11.8. The van der Waals surface area contributed by atoms with Crippen LogP contribution in [-0.2, 0) is 26.6 Å². The van der Waals surface area contributed by atoms with E-state index in [0.717, 1.165) is 23.1 Å². The van der Waals surface area contributed by atoms with E-state index in [0.29, 0.717) is 6.54 Å². The first kappa shape index (κ1) is 14.8. The number of para-hydroxylation sites is 1. The number of benzene rings is 2. The number of hydrogen-bond acceptors (Lipinski definition) is 4. The average molecular weight is 297 g/mol. The summed E-state index contributed by atoms with van der Waals surface area (Å²) in [6.07, 6.45) is 0.899. The molecule has 0 fully saturated rings. The number of carbonyl (C=O) groups excluding carboxylic acids is 1. The van der Waals surface area contributed by atoms with Crippen molar-refractivity contribution < 1.29 is 14.3 Å². The second kappa shape index (κ2) is 5.91. The number of aldehydes is 1. The Bertz CT molecular complexity index is 652. The van der Waals surface area contributed by atoms with Crippen LogP contribution in [0.5, 0.6) is 0 Å². The fourth-order valence-corrected chi connectivity index (χ4v) is 3.20. The Labute approximate surface area is 130 Å². The Morgan fingerprint density at radius 2 is 1.68 bits per heavy atom. The second-order valence-corrected chi connectivity index (χ2v) is 5.29. The minimum absolute atomic E-state index is 0.528. The smallest absolute Gasteiger partial charge is 0.224 e. The van der Waals surface area contributed by atoms with E-state index >= 15 is 0 Å². The molecule has 2 aromatic rings. The van der Waals surface area contributed by atoms with Crippen molar-refractivity contribution in [1.82, 2.24) is 0 Å². The third kappa shape index (κ3) is 2.12. The molecule has 1 heterocycles. The number of rotatable bonds is 5. The highest BCUT2D eigenvalue weighted by molar-refractivity contribution is 5.76. The predicted octanol–water partition coefficient (Wildman–Crippen LogP) is 2.72. The Balaban J connectivity index is 2.08. The summed E-state index contributed by atoms with van der Waals surface area (Å²) in [7, 11) is 3.14. The number of fused-ring (bicyclic) bond motifs is 1. The molecule has 22 heavy (non-hydrogen) atoms. The van der Waals surface area contributed by atoms with Crippen molar-refractivity contribution in [2.24, 2.45) is 0 Å². The topological polar surface area (TPSA) is 38.8 Å². The SMILES string of the molecule is COC1(OC)c2ccccc2N(Cc2ccccc2)C1C=O. The zero-order chi connectivity index (χ0) is 15.6. The van der Waals surface area contributed by atoms with Crippen LogP contribution >= 0.6 is 0 Å². The van der Waals surface area contributed by atoms with Crippen LogP contribution in [0.25, 0.3) is 0 Å². The van der Waals surface area contributed by atoms with Gasteiger partial charge in [0.05, 0.1) is 0 Å². The summed E-state index contributed by atoms with van der Waals surface area (Å²) in [5.74, 6) is -1.06. The number of nitrogens with zero attached hydrogens (tertiary/aromatic N) is 1. The van der Waals surface area contributed by atoms with Crippen molar-refractivity contribution in [2.75, 3.05) is 19.1 Å². The van der Waals surface area contributed by atoms with Gasteiger partial charge in [0.25, 0.3) is 0 Å². The first-order valence-corrected chi connectivity index (χ1v) is 7.22. The highest BCUT2D eigenvalue weighted by Crippen LogP contribution is 2.46. The van der Waals surface area contributed by atoms with Crippen molar-refractivity contribution in [1.29, 1.82) is 0 Å². The summed E-state index contributed by atoms with van der Waals surface area (Å²) in [6, 6.07) is 17.4. The molecular formula is C18H19NO3. The number of carbonyl (C=O) groups is 1. The summed E-state index contributed by atoms with van der Waals surface area (Å²) < 4.78 is 11.3. The molecule has 0 saturated carbocycles. The first-order valence-electron chi connectivity index (χ1n) is 7.22. The Morgan fingerprint density at radius 1 is 1.05 bits per heavy atom. The molecule has 0 radical (unpaired) electrons. The summed E-state index contributed by atoms with van der Waals surface area (Å²) in [4.78, 5) is 13.8. The summed E-state index contributed by atoms with van der Waals surface area (Å²) in [5, 5.41) is 0. The second-order valence-electron chi connectivity index (χ2n) is 5.29. The van der Waals surface area contributed by atoms with Gasteiger partial charge in [-0.2, -0.15) is 0 Å². The van der Waals surface area contributed by atoms with Crippen LogP contribution in [-0.4, -0.2) is 26.5 Å². The minimum Gasteiger partial charge on any atom is -0.352 e. The summed E-state index contributed by atoms with van der Waals surface area (Å²) in [5.41, 5.74) is 2.98. The van der Waals surface area contributed by atoms with Crippen LogP contribution in [0.1, 0.15) is 11.1 Å².